The van der Waals surface area contributed by atoms with Crippen LogP contribution in [-0.4, -0.2) is 41.7 Å². The number of fused-ring (bicyclic) bond motifs is 1. The first-order valence-corrected chi connectivity index (χ1v) is 9.23. The van der Waals surface area contributed by atoms with Crippen molar-refractivity contribution in [1.82, 2.24) is 9.97 Å². The fourth-order valence-electron chi connectivity index (χ4n) is 3.58. The molecule has 2 saturated heterocycles. The SMILES string of the molecule is O=C(CC[C@@H]1CCCO1)Nc1nc2ccccc2nc1N1CCCC1. The number of carbonyl (C=O) groups is 1. The highest BCUT2D eigenvalue weighted by Gasteiger charge is 2.22. The number of ether oxygens (including phenoxy) is 1. The lowest BCUT2D eigenvalue weighted by atomic mass is 10.1. The van der Waals surface area contributed by atoms with Crippen molar-refractivity contribution < 1.29 is 9.53 Å². The number of nitrogens with zero attached hydrogens (tertiary/aromatic N) is 3. The van der Waals surface area contributed by atoms with Crippen molar-refractivity contribution in [1.29, 1.82) is 0 Å². The van der Waals surface area contributed by atoms with E-state index >= 15 is 0 Å². The smallest absolute Gasteiger partial charge is 0.225 e. The Morgan fingerprint density at radius 2 is 1.92 bits per heavy atom. The van der Waals surface area contributed by atoms with Crippen LogP contribution < -0.4 is 10.2 Å². The minimum Gasteiger partial charge on any atom is -0.378 e. The number of anilines is 2. The number of hydrogen-bond donors (Lipinski definition) is 1. The second-order valence-corrected chi connectivity index (χ2v) is 6.80. The van der Waals surface area contributed by atoms with Crippen LogP contribution >= 0.6 is 0 Å². The summed E-state index contributed by atoms with van der Waals surface area (Å²) in [6.07, 6.45) is 5.92. The highest BCUT2D eigenvalue weighted by Crippen LogP contribution is 2.28. The van der Waals surface area contributed by atoms with E-state index in [0.717, 1.165) is 68.7 Å². The van der Waals surface area contributed by atoms with Gasteiger partial charge in [-0.05, 0) is 44.2 Å². The second-order valence-electron chi connectivity index (χ2n) is 6.80. The van der Waals surface area contributed by atoms with E-state index in [9.17, 15) is 4.79 Å². The lowest BCUT2D eigenvalue weighted by Gasteiger charge is -2.20. The van der Waals surface area contributed by atoms with Crippen molar-refractivity contribution >= 4 is 28.6 Å². The molecule has 4 rings (SSSR count). The molecular weight excluding hydrogens is 316 g/mol. The van der Waals surface area contributed by atoms with Crippen molar-refractivity contribution in [2.75, 3.05) is 29.9 Å². The van der Waals surface area contributed by atoms with Gasteiger partial charge >= 0.3 is 0 Å². The molecule has 1 atom stereocenters. The summed E-state index contributed by atoms with van der Waals surface area (Å²) >= 11 is 0. The van der Waals surface area contributed by atoms with Gasteiger partial charge in [-0.3, -0.25) is 4.79 Å². The van der Waals surface area contributed by atoms with Gasteiger partial charge in [-0.15, -0.1) is 0 Å². The third-order valence-electron chi connectivity index (χ3n) is 4.93. The van der Waals surface area contributed by atoms with Crippen LogP contribution in [0.2, 0.25) is 0 Å². The second kappa shape index (κ2) is 7.35. The Balaban J connectivity index is 1.53. The Labute approximate surface area is 147 Å². The molecule has 2 aromatic rings. The Morgan fingerprint density at radius 3 is 2.64 bits per heavy atom. The predicted molar refractivity (Wildman–Crippen MR) is 97.8 cm³/mol. The molecule has 6 heteroatoms. The molecule has 2 aliphatic heterocycles. The van der Waals surface area contributed by atoms with Crippen LogP contribution in [0.3, 0.4) is 0 Å². The van der Waals surface area contributed by atoms with Crippen LogP contribution in [0.15, 0.2) is 24.3 Å². The van der Waals surface area contributed by atoms with E-state index in [2.05, 4.69) is 15.2 Å². The first-order chi connectivity index (χ1) is 12.3. The molecule has 1 aromatic carbocycles. The maximum Gasteiger partial charge on any atom is 0.225 e. The van der Waals surface area contributed by atoms with Crippen molar-refractivity contribution in [2.45, 2.75) is 44.6 Å². The van der Waals surface area contributed by atoms with Crippen LogP contribution in [0.25, 0.3) is 11.0 Å². The molecule has 25 heavy (non-hydrogen) atoms. The summed E-state index contributed by atoms with van der Waals surface area (Å²) in [6, 6.07) is 7.79. The lowest BCUT2D eigenvalue weighted by molar-refractivity contribution is -0.116. The van der Waals surface area contributed by atoms with Crippen molar-refractivity contribution in [3.63, 3.8) is 0 Å². The zero-order valence-electron chi connectivity index (χ0n) is 14.4. The summed E-state index contributed by atoms with van der Waals surface area (Å²) in [5.74, 6) is 1.36. The topological polar surface area (TPSA) is 67.3 Å². The molecule has 0 aliphatic carbocycles. The third kappa shape index (κ3) is 3.74. The molecule has 0 unspecified atom stereocenters. The number of benzene rings is 1. The standard InChI is InChI=1S/C19H24N4O2/c24-17(10-9-14-6-5-13-25-14)22-18-19(23-11-3-4-12-23)21-16-8-2-1-7-15(16)20-18/h1-2,7-8,14H,3-6,9-13H2,(H,20,22,24)/t14-/m0/s1. The Kier molecular flexibility index (Phi) is 4.78. The molecule has 1 N–H and O–H groups in total. The molecule has 132 valence electrons. The number of nitrogens with one attached hydrogen (secondary N) is 1. The summed E-state index contributed by atoms with van der Waals surface area (Å²) in [6.45, 7) is 2.75. The van der Waals surface area contributed by atoms with E-state index in [1.807, 2.05) is 24.3 Å². The van der Waals surface area contributed by atoms with Crippen LogP contribution in [0.4, 0.5) is 11.6 Å². The maximum absolute atomic E-state index is 12.4. The minimum atomic E-state index is -0.0134. The van der Waals surface area contributed by atoms with Crippen LogP contribution in [0.1, 0.15) is 38.5 Å². The number of para-hydroxylation sites is 2. The van der Waals surface area contributed by atoms with E-state index in [0.29, 0.717) is 12.2 Å². The van der Waals surface area contributed by atoms with Gasteiger partial charge in [0, 0.05) is 26.1 Å². The Bertz CT molecular complexity index is 752. The third-order valence-corrected chi connectivity index (χ3v) is 4.93. The first-order valence-electron chi connectivity index (χ1n) is 9.23. The van der Waals surface area contributed by atoms with E-state index in [-0.39, 0.29) is 12.0 Å². The number of rotatable bonds is 5. The van der Waals surface area contributed by atoms with E-state index in [1.54, 1.807) is 0 Å². The van der Waals surface area contributed by atoms with Gasteiger partial charge in [0.05, 0.1) is 17.1 Å². The van der Waals surface area contributed by atoms with Gasteiger partial charge in [-0.2, -0.15) is 0 Å². The van der Waals surface area contributed by atoms with E-state index < -0.39 is 0 Å². The van der Waals surface area contributed by atoms with E-state index in [1.165, 1.54) is 0 Å². The predicted octanol–water partition coefficient (Wildman–Crippen LogP) is 3.13. The molecule has 1 aromatic heterocycles. The summed E-state index contributed by atoms with van der Waals surface area (Å²) in [4.78, 5) is 24.1. The normalized spacial score (nSPS) is 20.3. The average Bonchev–Trinajstić information content (AvgIpc) is 3.33. The summed E-state index contributed by atoms with van der Waals surface area (Å²) in [5, 5.41) is 2.99. The number of carbonyl (C=O) groups excluding carboxylic acids is 1. The molecule has 0 saturated carbocycles. The van der Waals surface area contributed by atoms with Crippen LogP contribution in [0, 0.1) is 0 Å². The maximum atomic E-state index is 12.4. The van der Waals surface area contributed by atoms with Gasteiger partial charge in [0.15, 0.2) is 11.6 Å². The van der Waals surface area contributed by atoms with Crippen molar-refractivity contribution in [3.8, 4) is 0 Å². The minimum absolute atomic E-state index is 0.0134. The van der Waals surface area contributed by atoms with Crippen LogP contribution in [0.5, 0.6) is 0 Å². The monoisotopic (exact) mass is 340 g/mol. The molecule has 0 spiro atoms. The Morgan fingerprint density at radius 1 is 1.16 bits per heavy atom. The molecule has 1 amide bonds. The number of hydrogen-bond acceptors (Lipinski definition) is 5. The quantitative estimate of drug-likeness (QED) is 0.906. The fourth-order valence-corrected chi connectivity index (χ4v) is 3.58. The largest absolute Gasteiger partial charge is 0.378 e. The van der Waals surface area contributed by atoms with Crippen molar-refractivity contribution in [3.05, 3.63) is 24.3 Å². The first kappa shape index (κ1) is 16.3. The Hall–Kier alpha value is -2.21. The van der Waals surface area contributed by atoms with Gasteiger partial charge in [-0.1, -0.05) is 12.1 Å². The molecule has 2 aliphatic rings. The molecule has 2 fully saturated rings. The summed E-state index contributed by atoms with van der Waals surface area (Å²) < 4.78 is 5.60. The lowest BCUT2D eigenvalue weighted by Crippen LogP contribution is -2.23. The zero-order chi connectivity index (χ0) is 17.1. The molecule has 6 nitrogen and oxygen atoms in total. The molecular formula is C19H24N4O2. The molecule has 0 radical (unpaired) electrons. The average molecular weight is 340 g/mol. The van der Waals surface area contributed by atoms with Gasteiger partial charge < -0.3 is 15.0 Å². The highest BCUT2D eigenvalue weighted by molar-refractivity contribution is 5.94. The van der Waals surface area contributed by atoms with Crippen LogP contribution in [-0.2, 0) is 9.53 Å². The molecule has 3 heterocycles. The summed E-state index contributed by atoms with van der Waals surface area (Å²) in [7, 11) is 0. The molecule has 0 bridgehead atoms. The van der Waals surface area contributed by atoms with Gasteiger partial charge in [0.25, 0.3) is 0 Å². The zero-order valence-corrected chi connectivity index (χ0v) is 14.4. The van der Waals surface area contributed by atoms with Gasteiger partial charge in [-0.25, -0.2) is 9.97 Å². The van der Waals surface area contributed by atoms with Gasteiger partial charge in [0.1, 0.15) is 0 Å². The highest BCUT2D eigenvalue weighted by atomic mass is 16.5. The number of aromatic nitrogens is 2. The van der Waals surface area contributed by atoms with Gasteiger partial charge in [0.2, 0.25) is 5.91 Å². The van der Waals surface area contributed by atoms with E-state index in [4.69, 9.17) is 9.72 Å². The summed E-state index contributed by atoms with van der Waals surface area (Å²) in [5.41, 5.74) is 1.67. The van der Waals surface area contributed by atoms with Crippen molar-refractivity contribution in [2.24, 2.45) is 0 Å². The number of amides is 1. The fraction of sp³-hybridized carbons (Fsp3) is 0.526.